The average Bonchev–Trinajstić information content (AvgIpc) is 2.03. The summed E-state index contributed by atoms with van der Waals surface area (Å²) in [5.74, 6) is 0. The summed E-state index contributed by atoms with van der Waals surface area (Å²) in [5, 5.41) is 23.7. The lowest BCUT2D eigenvalue weighted by Gasteiger charge is -2.21. The Kier molecular flexibility index (Phi) is 10.5. The predicted octanol–water partition coefficient (Wildman–Crippen LogP) is 0.690. The van der Waals surface area contributed by atoms with Crippen LogP contribution >= 0.6 is 0 Å². The van der Waals surface area contributed by atoms with Gasteiger partial charge in [0.2, 0.25) is 0 Å². The summed E-state index contributed by atoms with van der Waals surface area (Å²) in [6.45, 7) is 7.10. The van der Waals surface area contributed by atoms with Gasteiger partial charge in [0.15, 0.2) is 0 Å². The lowest BCUT2D eigenvalue weighted by Crippen LogP contribution is -2.39. The lowest BCUT2D eigenvalue weighted by molar-refractivity contribution is 0.0647. The predicted molar refractivity (Wildman–Crippen MR) is 64.8 cm³/mol. The number of hydrogen-bond donors (Lipinski definition) is 4. The molecule has 0 aliphatic rings. The van der Waals surface area contributed by atoms with Gasteiger partial charge in [-0.1, -0.05) is 0 Å². The fraction of sp³-hybridized carbons (Fsp3) is 1.00. The smallest absolute Gasteiger partial charge is 0.0592 e. The van der Waals surface area contributed by atoms with E-state index in [4.69, 9.17) is 5.11 Å². The second kappa shape index (κ2) is 9.09. The Balaban J connectivity index is 0. The van der Waals surface area contributed by atoms with Gasteiger partial charge in [-0.25, -0.2) is 0 Å². The molecule has 4 nitrogen and oxygen atoms in total. The Labute approximate surface area is 94.1 Å². The van der Waals surface area contributed by atoms with Crippen LogP contribution < -0.4 is 10.6 Å². The maximum absolute atomic E-state index is 9.40. The Bertz CT molecular complexity index is 126. The van der Waals surface area contributed by atoms with Crippen LogP contribution in [0.3, 0.4) is 0 Å². The quantitative estimate of drug-likeness (QED) is 0.515. The second-order valence-corrected chi connectivity index (χ2v) is 4.57. The summed E-state index contributed by atoms with van der Waals surface area (Å²) in [6, 6.07) is 0. The van der Waals surface area contributed by atoms with Gasteiger partial charge in [-0.15, -0.1) is 0 Å². The summed E-state index contributed by atoms with van der Waals surface area (Å²) in [4.78, 5) is 0. The van der Waals surface area contributed by atoms with E-state index in [1.54, 1.807) is 13.8 Å². The average molecular weight is 220 g/mol. The molecule has 0 aliphatic carbocycles. The van der Waals surface area contributed by atoms with Crippen molar-refractivity contribution in [2.75, 3.05) is 14.1 Å². The summed E-state index contributed by atoms with van der Waals surface area (Å²) < 4.78 is 0. The third-order valence-corrected chi connectivity index (χ3v) is 1.74. The molecular formula is C11H28N2O2. The molecule has 0 spiro atoms. The molecular weight excluding hydrogens is 192 g/mol. The van der Waals surface area contributed by atoms with E-state index in [0.29, 0.717) is 6.17 Å². The van der Waals surface area contributed by atoms with Crippen LogP contribution in [0.4, 0.5) is 0 Å². The van der Waals surface area contributed by atoms with E-state index in [2.05, 4.69) is 10.6 Å². The molecule has 0 unspecified atom stereocenters. The van der Waals surface area contributed by atoms with Crippen molar-refractivity contribution in [3.05, 3.63) is 0 Å². The van der Waals surface area contributed by atoms with Crippen molar-refractivity contribution in [1.82, 2.24) is 10.6 Å². The number of hydrogen-bond acceptors (Lipinski definition) is 4. The summed E-state index contributed by atoms with van der Waals surface area (Å²) in [6.07, 6.45) is 1.89. The Hall–Kier alpha value is -0.160. The highest BCUT2D eigenvalue weighted by atomic mass is 16.3. The molecule has 0 bridgehead atoms. The van der Waals surface area contributed by atoms with Crippen LogP contribution in [-0.4, -0.2) is 42.2 Å². The molecule has 94 valence electrons. The highest BCUT2D eigenvalue weighted by Crippen LogP contribution is 2.10. The molecule has 0 aromatic carbocycles. The topological polar surface area (TPSA) is 64.5 Å². The van der Waals surface area contributed by atoms with E-state index in [-0.39, 0.29) is 6.10 Å². The van der Waals surface area contributed by atoms with Crippen LogP contribution in [0.15, 0.2) is 0 Å². The number of nitrogens with one attached hydrogen (secondary N) is 2. The van der Waals surface area contributed by atoms with Crippen LogP contribution in [0.2, 0.25) is 0 Å². The third kappa shape index (κ3) is 20.0. The van der Waals surface area contributed by atoms with Gasteiger partial charge < -0.3 is 20.8 Å². The molecule has 0 aliphatic heterocycles. The maximum atomic E-state index is 9.40. The van der Waals surface area contributed by atoms with E-state index in [9.17, 15) is 5.11 Å². The number of aliphatic hydroxyl groups excluding tert-OH is 1. The maximum Gasteiger partial charge on any atom is 0.0592 e. The zero-order valence-corrected chi connectivity index (χ0v) is 11.0. The minimum atomic E-state index is -0.550. The van der Waals surface area contributed by atoms with Gasteiger partial charge in [0.05, 0.1) is 11.8 Å². The Morgan fingerprint density at radius 2 is 1.47 bits per heavy atom. The van der Waals surface area contributed by atoms with Gasteiger partial charge in [-0.3, -0.25) is 0 Å². The van der Waals surface area contributed by atoms with Crippen molar-refractivity contribution in [3.63, 3.8) is 0 Å². The standard InChI is InChI=1S/C8H20N2O.C3H8O/c1-8(2,11)6-5-7(9-3)10-4;1-3(2)4/h7,9-11H,5-6H2,1-4H3;3-4H,1-2H3. The minimum Gasteiger partial charge on any atom is -0.394 e. The third-order valence-electron chi connectivity index (χ3n) is 1.74. The zero-order chi connectivity index (χ0) is 12.5. The van der Waals surface area contributed by atoms with E-state index in [0.717, 1.165) is 12.8 Å². The lowest BCUT2D eigenvalue weighted by atomic mass is 10.0. The molecule has 0 saturated carbocycles. The SMILES string of the molecule is CC(C)O.CNC(CCC(C)(C)O)NC. The minimum absolute atomic E-state index is 0.167. The molecule has 0 radical (unpaired) electrons. The molecule has 0 rings (SSSR count). The van der Waals surface area contributed by atoms with Crippen molar-refractivity contribution in [3.8, 4) is 0 Å². The molecule has 4 heteroatoms. The summed E-state index contributed by atoms with van der Waals surface area (Å²) >= 11 is 0. The van der Waals surface area contributed by atoms with Crippen molar-refractivity contribution in [1.29, 1.82) is 0 Å². The van der Waals surface area contributed by atoms with Gasteiger partial charge in [-0.2, -0.15) is 0 Å². The van der Waals surface area contributed by atoms with E-state index in [1.165, 1.54) is 0 Å². The molecule has 15 heavy (non-hydrogen) atoms. The normalized spacial score (nSPS) is 11.6. The van der Waals surface area contributed by atoms with Gasteiger partial charge in [0.25, 0.3) is 0 Å². The van der Waals surface area contributed by atoms with Gasteiger partial charge >= 0.3 is 0 Å². The first-order valence-corrected chi connectivity index (χ1v) is 5.48. The first-order chi connectivity index (χ1) is 6.72. The molecule has 0 saturated heterocycles. The number of rotatable bonds is 5. The molecule has 0 fully saturated rings. The van der Waals surface area contributed by atoms with Crippen LogP contribution in [0.1, 0.15) is 40.5 Å². The molecule has 4 N–H and O–H groups in total. The fourth-order valence-electron chi connectivity index (χ4n) is 0.931. The van der Waals surface area contributed by atoms with Crippen molar-refractivity contribution < 1.29 is 10.2 Å². The van der Waals surface area contributed by atoms with E-state index in [1.807, 2.05) is 27.9 Å². The van der Waals surface area contributed by atoms with Crippen molar-refractivity contribution in [2.24, 2.45) is 0 Å². The summed E-state index contributed by atoms with van der Waals surface area (Å²) in [5.41, 5.74) is -0.550. The zero-order valence-electron chi connectivity index (χ0n) is 11.0. The van der Waals surface area contributed by atoms with Crippen LogP contribution in [0, 0.1) is 0 Å². The second-order valence-electron chi connectivity index (χ2n) is 4.57. The first-order valence-electron chi connectivity index (χ1n) is 5.48. The molecule has 0 heterocycles. The number of aliphatic hydroxyl groups is 2. The fourth-order valence-corrected chi connectivity index (χ4v) is 0.931. The van der Waals surface area contributed by atoms with E-state index < -0.39 is 5.60 Å². The summed E-state index contributed by atoms with van der Waals surface area (Å²) in [7, 11) is 3.82. The first kappa shape index (κ1) is 17.2. The van der Waals surface area contributed by atoms with Crippen LogP contribution in [0.5, 0.6) is 0 Å². The largest absolute Gasteiger partial charge is 0.394 e. The molecule has 0 amide bonds. The van der Waals surface area contributed by atoms with Gasteiger partial charge in [0.1, 0.15) is 0 Å². The highest BCUT2D eigenvalue weighted by Gasteiger charge is 2.14. The molecule has 0 atom stereocenters. The molecule has 0 aromatic heterocycles. The van der Waals surface area contributed by atoms with E-state index >= 15 is 0 Å². The Morgan fingerprint density at radius 3 is 1.67 bits per heavy atom. The van der Waals surface area contributed by atoms with Crippen LogP contribution in [-0.2, 0) is 0 Å². The van der Waals surface area contributed by atoms with Crippen molar-refractivity contribution in [2.45, 2.75) is 58.4 Å². The monoisotopic (exact) mass is 220 g/mol. The van der Waals surface area contributed by atoms with Crippen LogP contribution in [0.25, 0.3) is 0 Å². The van der Waals surface area contributed by atoms with Gasteiger partial charge in [0, 0.05) is 6.10 Å². The Morgan fingerprint density at radius 1 is 1.13 bits per heavy atom. The van der Waals surface area contributed by atoms with Gasteiger partial charge in [-0.05, 0) is 54.6 Å². The van der Waals surface area contributed by atoms with Crippen molar-refractivity contribution >= 4 is 0 Å². The molecule has 0 aromatic rings. The highest BCUT2D eigenvalue weighted by molar-refractivity contribution is 4.69.